The molecule has 5 nitrogen and oxygen atoms in total. The molecule has 0 spiro atoms. The van der Waals surface area contributed by atoms with Gasteiger partial charge in [-0.25, -0.2) is 4.98 Å². The van der Waals surface area contributed by atoms with Crippen LogP contribution in [0, 0.1) is 13.8 Å². The number of hydrogen-bond donors (Lipinski definition) is 1. The molecule has 1 N–H and O–H groups in total. The summed E-state index contributed by atoms with van der Waals surface area (Å²) in [5.41, 5.74) is 2.03. The molecule has 0 saturated heterocycles. The van der Waals surface area contributed by atoms with E-state index in [0.29, 0.717) is 11.6 Å². The molecule has 130 valence electrons. The van der Waals surface area contributed by atoms with Gasteiger partial charge in [-0.3, -0.25) is 4.79 Å². The number of carbonyl (C=O) groups excluding carboxylic acids is 1. The first-order valence-electron chi connectivity index (χ1n) is 8.14. The molecule has 1 aromatic carbocycles. The van der Waals surface area contributed by atoms with Crippen LogP contribution >= 0.6 is 0 Å². The van der Waals surface area contributed by atoms with E-state index in [-0.39, 0.29) is 17.9 Å². The fraction of sp³-hybridized carbons (Fsp3) is 0.474. The van der Waals surface area contributed by atoms with Gasteiger partial charge in [-0.1, -0.05) is 32.9 Å². The molecule has 1 unspecified atom stereocenters. The predicted octanol–water partition coefficient (Wildman–Crippen LogP) is 3.67. The van der Waals surface area contributed by atoms with Crippen LogP contribution < -0.4 is 10.1 Å². The average Bonchev–Trinajstić information content (AvgIpc) is 2.82. The van der Waals surface area contributed by atoms with Crippen LogP contribution in [0.25, 0.3) is 0 Å². The zero-order valence-electron chi connectivity index (χ0n) is 15.3. The molecule has 2 rings (SSSR count). The third-order valence-corrected chi connectivity index (χ3v) is 3.87. The molecule has 0 radical (unpaired) electrons. The molecule has 1 atom stereocenters. The van der Waals surface area contributed by atoms with Gasteiger partial charge in [-0.15, -0.1) is 0 Å². The van der Waals surface area contributed by atoms with Gasteiger partial charge in [-0.2, -0.15) is 0 Å². The van der Waals surface area contributed by atoms with Gasteiger partial charge in [-0.05, 0) is 43.9 Å². The minimum Gasteiger partial charge on any atom is -0.481 e. The third kappa shape index (κ3) is 4.60. The summed E-state index contributed by atoms with van der Waals surface area (Å²) >= 11 is 0. The van der Waals surface area contributed by atoms with Gasteiger partial charge in [0, 0.05) is 0 Å². The summed E-state index contributed by atoms with van der Waals surface area (Å²) in [4.78, 5) is 16.4. The van der Waals surface area contributed by atoms with Crippen LogP contribution in [0.1, 0.15) is 50.6 Å². The lowest BCUT2D eigenvalue weighted by Gasteiger charge is -2.21. The quantitative estimate of drug-likeness (QED) is 0.908. The fourth-order valence-corrected chi connectivity index (χ4v) is 2.21. The maximum Gasteiger partial charge on any atom is 0.261 e. The SMILES string of the molecule is Cc1nc(CNC(=O)C(C)Oc2cccc(C(C)(C)C)c2)oc1C. The van der Waals surface area contributed by atoms with Crippen LogP contribution in [0.3, 0.4) is 0 Å². The van der Waals surface area contributed by atoms with Crippen molar-refractivity contribution < 1.29 is 13.9 Å². The zero-order chi connectivity index (χ0) is 17.9. The van der Waals surface area contributed by atoms with Crippen LogP contribution in [-0.4, -0.2) is 17.0 Å². The Labute approximate surface area is 143 Å². The van der Waals surface area contributed by atoms with E-state index in [4.69, 9.17) is 9.15 Å². The van der Waals surface area contributed by atoms with Crippen LogP contribution in [0.15, 0.2) is 28.7 Å². The number of oxazole rings is 1. The number of ether oxygens (including phenoxy) is 1. The highest BCUT2D eigenvalue weighted by atomic mass is 16.5. The Morgan fingerprint density at radius 2 is 2.04 bits per heavy atom. The fourth-order valence-electron chi connectivity index (χ4n) is 2.21. The van der Waals surface area contributed by atoms with Crippen molar-refractivity contribution in [3.05, 3.63) is 47.2 Å². The summed E-state index contributed by atoms with van der Waals surface area (Å²) in [7, 11) is 0. The number of benzene rings is 1. The van der Waals surface area contributed by atoms with E-state index in [1.807, 2.05) is 32.0 Å². The van der Waals surface area contributed by atoms with Crippen LogP contribution in [0.5, 0.6) is 5.75 Å². The summed E-state index contributed by atoms with van der Waals surface area (Å²) in [6.07, 6.45) is -0.600. The van der Waals surface area contributed by atoms with Gasteiger partial charge in [0.2, 0.25) is 5.89 Å². The molecule has 1 heterocycles. The second-order valence-corrected chi connectivity index (χ2v) is 7.00. The molecule has 5 heteroatoms. The molecule has 1 aromatic heterocycles. The second-order valence-electron chi connectivity index (χ2n) is 7.00. The van der Waals surface area contributed by atoms with E-state index < -0.39 is 6.10 Å². The number of rotatable bonds is 5. The van der Waals surface area contributed by atoms with E-state index in [2.05, 4.69) is 37.1 Å². The molecule has 0 fully saturated rings. The molecule has 0 aliphatic heterocycles. The number of aryl methyl sites for hydroxylation is 2. The second kappa shape index (κ2) is 7.07. The number of nitrogens with zero attached hydrogens (tertiary/aromatic N) is 1. The molecule has 2 aromatic rings. The maximum atomic E-state index is 12.2. The van der Waals surface area contributed by atoms with Gasteiger partial charge in [0.05, 0.1) is 12.2 Å². The molecule has 0 saturated carbocycles. The standard InChI is InChI=1S/C19H26N2O3/c1-12-13(2)24-17(21-12)11-20-18(22)14(3)23-16-9-7-8-15(10-16)19(4,5)6/h7-10,14H,11H2,1-6H3,(H,20,22). The van der Waals surface area contributed by atoms with Crippen molar-refractivity contribution >= 4 is 5.91 Å². The van der Waals surface area contributed by atoms with Crippen LogP contribution in [-0.2, 0) is 16.8 Å². The van der Waals surface area contributed by atoms with Crippen molar-refractivity contribution in [1.29, 1.82) is 0 Å². The van der Waals surface area contributed by atoms with Gasteiger partial charge in [0.25, 0.3) is 5.91 Å². The van der Waals surface area contributed by atoms with E-state index in [1.54, 1.807) is 6.92 Å². The van der Waals surface area contributed by atoms with Crippen molar-refractivity contribution in [3.8, 4) is 5.75 Å². The summed E-state index contributed by atoms with van der Waals surface area (Å²) < 4.78 is 11.2. The minimum atomic E-state index is -0.600. The molecule has 0 aliphatic carbocycles. The van der Waals surface area contributed by atoms with E-state index in [9.17, 15) is 4.79 Å². The molecular formula is C19H26N2O3. The number of amides is 1. The van der Waals surface area contributed by atoms with Gasteiger partial charge >= 0.3 is 0 Å². The Morgan fingerprint density at radius 1 is 1.33 bits per heavy atom. The van der Waals surface area contributed by atoms with Gasteiger partial charge < -0.3 is 14.5 Å². The van der Waals surface area contributed by atoms with Crippen molar-refractivity contribution in [2.24, 2.45) is 0 Å². The van der Waals surface area contributed by atoms with E-state index in [1.165, 1.54) is 5.56 Å². The highest BCUT2D eigenvalue weighted by Gasteiger charge is 2.18. The molecule has 24 heavy (non-hydrogen) atoms. The Morgan fingerprint density at radius 3 is 2.62 bits per heavy atom. The summed E-state index contributed by atoms with van der Waals surface area (Å²) in [5, 5.41) is 2.78. The highest BCUT2D eigenvalue weighted by Crippen LogP contribution is 2.26. The lowest BCUT2D eigenvalue weighted by molar-refractivity contribution is -0.127. The largest absolute Gasteiger partial charge is 0.481 e. The number of aromatic nitrogens is 1. The molecule has 1 amide bonds. The summed E-state index contributed by atoms with van der Waals surface area (Å²) in [5.74, 6) is 1.75. The number of hydrogen-bond acceptors (Lipinski definition) is 4. The Bertz CT molecular complexity index is 694. The lowest BCUT2D eigenvalue weighted by atomic mass is 9.87. The Kier molecular flexibility index (Phi) is 5.32. The first kappa shape index (κ1) is 18.0. The molecular weight excluding hydrogens is 304 g/mol. The maximum absolute atomic E-state index is 12.2. The average molecular weight is 330 g/mol. The first-order valence-corrected chi connectivity index (χ1v) is 8.14. The predicted molar refractivity (Wildman–Crippen MR) is 93.1 cm³/mol. The molecule has 0 bridgehead atoms. The van der Waals surface area contributed by atoms with E-state index >= 15 is 0 Å². The summed E-state index contributed by atoms with van der Waals surface area (Å²) in [6.45, 7) is 12.1. The van der Waals surface area contributed by atoms with Crippen LogP contribution in [0.2, 0.25) is 0 Å². The van der Waals surface area contributed by atoms with Crippen molar-refractivity contribution in [2.75, 3.05) is 0 Å². The Balaban J connectivity index is 1.94. The number of carbonyl (C=O) groups is 1. The normalized spacial score (nSPS) is 12.8. The zero-order valence-corrected chi connectivity index (χ0v) is 15.3. The van der Waals surface area contributed by atoms with Crippen molar-refractivity contribution in [2.45, 2.75) is 59.6 Å². The highest BCUT2D eigenvalue weighted by molar-refractivity contribution is 5.80. The topological polar surface area (TPSA) is 64.4 Å². The Hall–Kier alpha value is -2.30. The van der Waals surface area contributed by atoms with Gasteiger partial charge in [0.1, 0.15) is 11.5 Å². The van der Waals surface area contributed by atoms with E-state index in [0.717, 1.165) is 11.5 Å². The number of nitrogens with one attached hydrogen (secondary N) is 1. The van der Waals surface area contributed by atoms with Crippen LogP contribution in [0.4, 0.5) is 0 Å². The van der Waals surface area contributed by atoms with Crippen molar-refractivity contribution in [1.82, 2.24) is 10.3 Å². The lowest BCUT2D eigenvalue weighted by Crippen LogP contribution is -2.36. The first-order chi connectivity index (χ1) is 11.2. The minimum absolute atomic E-state index is 0.0333. The monoisotopic (exact) mass is 330 g/mol. The van der Waals surface area contributed by atoms with Gasteiger partial charge in [0.15, 0.2) is 6.10 Å². The third-order valence-electron chi connectivity index (χ3n) is 3.87. The summed E-state index contributed by atoms with van der Waals surface area (Å²) in [6, 6.07) is 7.84. The van der Waals surface area contributed by atoms with Crippen molar-refractivity contribution in [3.63, 3.8) is 0 Å². The smallest absolute Gasteiger partial charge is 0.261 e. The molecule has 0 aliphatic rings.